The molecule has 1 heterocycles. The van der Waals surface area contributed by atoms with Crippen LogP contribution in [0.1, 0.15) is 36.3 Å². The van der Waals surface area contributed by atoms with Crippen LogP contribution in [0.5, 0.6) is 0 Å². The molecule has 0 N–H and O–H groups in total. The second kappa shape index (κ2) is 8.55. The van der Waals surface area contributed by atoms with E-state index >= 15 is 0 Å². The molecule has 1 aliphatic heterocycles. The van der Waals surface area contributed by atoms with Gasteiger partial charge in [-0.25, -0.2) is 0 Å². The van der Waals surface area contributed by atoms with Crippen LogP contribution in [0.25, 0.3) is 6.08 Å². The minimum Gasteiger partial charge on any atom is -0.339 e. The molecule has 1 fully saturated rings. The molecular formula is C21H21Cl2NO. The van der Waals surface area contributed by atoms with E-state index in [0.717, 1.165) is 42.9 Å². The number of carbonyl (C=O) groups excluding carboxylic acids is 1. The standard InChI is InChI=1S/C21H21Cl2NO/c22-19-11-8-16(9-12-19)18-6-3-4-14-24(15-18)21(25)13-10-17-5-1-2-7-20(17)23/h1-2,5,7-13,18H,3-4,6,14-15H2/b13-10+. The highest BCUT2D eigenvalue weighted by molar-refractivity contribution is 6.32. The van der Waals surface area contributed by atoms with Gasteiger partial charge in [-0.2, -0.15) is 0 Å². The summed E-state index contributed by atoms with van der Waals surface area (Å²) in [7, 11) is 0. The third-order valence-electron chi connectivity index (χ3n) is 4.64. The van der Waals surface area contributed by atoms with Crippen LogP contribution in [0.15, 0.2) is 54.6 Å². The fourth-order valence-electron chi connectivity index (χ4n) is 3.23. The van der Waals surface area contributed by atoms with Gasteiger partial charge in [0.15, 0.2) is 0 Å². The minimum atomic E-state index is 0.0424. The van der Waals surface area contributed by atoms with Gasteiger partial charge in [-0.15, -0.1) is 0 Å². The monoisotopic (exact) mass is 373 g/mol. The first-order chi connectivity index (χ1) is 12.1. The minimum absolute atomic E-state index is 0.0424. The molecule has 0 bridgehead atoms. The van der Waals surface area contributed by atoms with E-state index in [1.165, 1.54) is 5.56 Å². The number of hydrogen-bond acceptors (Lipinski definition) is 1. The highest BCUT2D eigenvalue weighted by atomic mass is 35.5. The first-order valence-corrected chi connectivity index (χ1v) is 9.36. The first-order valence-electron chi connectivity index (χ1n) is 8.60. The van der Waals surface area contributed by atoms with E-state index in [4.69, 9.17) is 23.2 Å². The molecule has 0 aromatic heterocycles. The van der Waals surface area contributed by atoms with Crippen LogP contribution >= 0.6 is 23.2 Å². The highest BCUT2D eigenvalue weighted by Gasteiger charge is 2.22. The normalized spacial score (nSPS) is 18.3. The van der Waals surface area contributed by atoms with E-state index in [1.54, 1.807) is 12.2 Å². The summed E-state index contributed by atoms with van der Waals surface area (Å²) in [5, 5.41) is 1.40. The zero-order valence-electron chi connectivity index (χ0n) is 14.0. The maximum absolute atomic E-state index is 12.6. The Balaban J connectivity index is 1.71. The van der Waals surface area contributed by atoms with Crippen molar-refractivity contribution in [1.29, 1.82) is 0 Å². The Hall–Kier alpha value is -1.77. The number of benzene rings is 2. The lowest BCUT2D eigenvalue weighted by Crippen LogP contribution is -2.32. The van der Waals surface area contributed by atoms with E-state index in [-0.39, 0.29) is 5.91 Å². The molecular weight excluding hydrogens is 353 g/mol. The van der Waals surface area contributed by atoms with Crippen molar-refractivity contribution in [3.8, 4) is 0 Å². The number of amides is 1. The summed E-state index contributed by atoms with van der Waals surface area (Å²) in [5.74, 6) is 0.401. The molecule has 4 heteroatoms. The maximum atomic E-state index is 12.6. The van der Waals surface area contributed by atoms with Crippen LogP contribution in [0.4, 0.5) is 0 Å². The van der Waals surface area contributed by atoms with Crippen molar-refractivity contribution in [2.24, 2.45) is 0 Å². The van der Waals surface area contributed by atoms with Crippen LogP contribution in [0.2, 0.25) is 10.0 Å². The SMILES string of the molecule is O=C(/C=C/c1ccccc1Cl)N1CCCCC(c2ccc(Cl)cc2)C1. The number of rotatable bonds is 3. The van der Waals surface area contributed by atoms with Crippen LogP contribution in [0.3, 0.4) is 0 Å². The zero-order chi connectivity index (χ0) is 17.6. The molecule has 0 spiro atoms. The number of nitrogens with zero attached hydrogens (tertiary/aromatic N) is 1. The Morgan fingerprint density at radius 1 is 1.04 bits per heavy atom. The van der Waals surface area contributed by atoms with E-state index in [2.05, 4.69) is 12.1 Å². The molecule has 130 valence electrons. The van der Waals surface area contributed by atoms with Gasteiger partial charge in [-0.1, -0.05) is 60.0 Å². The van der Waals surface area contributed by atoms with Crippen LogP contribution in [-0.4, -0.2) is 23.9 Å². The lowest BCUT2D eigenvalue weighted by Gasteiger charge is -2.23. The van der Waals surface area contributed by atoms with E-state index < -0.39 is 0 Å². The van der Waals surface area contributed by atoms with Gasteiger partial charge >= 0.3 is 0 Å². The van der Waals surface area contributed by atoms with E-state index in [9.17, 15) is 4.79 Å². The summed E-state index contributed by atoms with van der Waals surface area (Å²) in [6.07, 6.45) is 6.69. The van der Waals surface area contributed by atoms with Crippen molar-refractivity contribution in [2.45, 2.75) is 25.2 Å². The van der Waals surface area contributed by atoms with Gasteiger partial charge in [0.1, 0.15) is 0 Å². The Morgan fingerprint density at radius 2 is 1.80 bits per heavy atom. The van der Waals surface area contributed by atoms with Gasteiger partial charge in [0.05, 0.1) is 0 Å². The Kier molecular flexibility index (Phi) is 6.17. The summed E-state index contributed by atoms with van der Waals surface area (Å²) in [5.41, 5.74) is 2.11. The molecule has 2 nitrogen and oxygen atoms in total. The Morgan fingerprint density at radius 3 is 2.56 bits per heavy atom. The van der Waals surface area contributed by atoms with Gasteiger partial charge in [0, 0.05) is 35.1 Å². The average molecular weight is 374 g/mol. The quantitative estimate of drug-likeness (QED) is 0.622. The summed E-state index contributed by atoms with van der Waals surface area (Å²) in [6.45, 7) is 1.54. The highest BCUT2D eigenvalue weighted by Crippen LogP contribution is 2.27. The molecule has 1 saturated heterocycles. The lowest BCUT2D eigenvalue weighted by atomic mass is 9.94. The van der Waals surface area contributed by atoms with E-state index in [1.807, 2.05) is 41.3 Å². The topological polar surface area (TPSA) is 20.3 Å². The molecule has 1 atom stereocenters. The maximum Gasteiger partial charge on any atom is 0.246 e. The van der Waals surface area contributed by atoms with Crippen molar-refractivity contribution in [3.63, 3.8) is 0 Å². The van der Waals surface area contributed by atoms with Gasteiger partial charge in [0.2, 0.25) is 5.91 Å². The molecule has 1 amide bonds. The molecule has 2 aromatic rings. The predicted molar refractivity (Wildman–Crippen MR) is 105 cm³/mol. The second-order valence-electron chi connectivity index (χ2n) is 6.38. The van der Waals surface area contributed by atoms with Gasteiger partial charge in [-0.3, -0.25) is 4.79 Å². The lowest BCUT2D eigenvalue weighted by molar-refractivity contribution is -0.126. The van der Waals surface area contributed by atoms with Crippen LogP contribution in [-0.2, 0) is 4.79 Å². The van der Waals surface area contributed by atoms with E-state index in [0.29, 0.717) is 10.9 Å². The molecule has 0 aliphatic carbocycles. The second-order valence-corrected chi connectivity index (χ2v) is 7.23. The van der Waals surface area contributed by atoms with Gasteiger partial charge in [-0.05, 0) is 48.2 Å². The summed E-state index contributed by atoms with van der Waals surface area (Å²) < 4.78 is 0. The Labute approximate surface area is 159 Å². The Bertz CT molecular complexity index is 755. The van der Waals surface area contributed by atoms with Crippen molar-refractivity contribution in [1.82, 2.24) is 4.90 Å². The molecule has 1 unspecified atom stereocenters. The fourth-order valence-corrected chi connectivity index (χ4v) is 3.55. The van der Waals surface area contributed by atoms with Crippen molar-refractivity contribution >= 4 is 35.2 Å². The third-order valence-corrected chi connectivity index (χ3v) is 5.23. The molecule has 2 aromatic carbocycles. The van der Waals surface area contributed by atoms with Crippen molar-refractivity contribution in [3.05, 3.63) is 75.8 Å². The van der Waals surface area contributed by atoms with Crippen molar-refractivity contribution in [2.75, 3.05) is 13.1 Å². The van der Waals surface area contributed by atoms with Crippen LogP contribution in [0, 0.1) is 0 Å². The summed E-state index contributed by atoms with van der Waals surface area (Å²) in [6, 6.07) is 15.5. The van der Waals surface area contributed by atoms with Gasteiger partial charge < -0.3 is 4.90 Å². The largest absolute Gasteiger partial charge is 0.339 e. The predicted octanol–water partition coefficient (Wildman–Crippen LogP) is 5.80. The van der Waals surface area contributed by atoms with Crippen molar-refractivity contribution < 1.29 is 4.79 Å². The van der Waals surface area contributed by atoms with Crippen LogP contribution < -0.4 is 0 Å². The molecule has 0 saturated carbocycles. The number of carbonyl (C=O) groups is 1. The molecule has 25 heavy (non-hydrogen) atoms. The third kappa shape index (κ3) is 4.87. The fraction of sp³-hybridized carbons (Fsp3) is 0.286. The molecule has 0 radical (unpaired) electrons. The molecule has 1 aliphatic rings. The average Bonchev–Trinajstić information content (AvgIpc) is 2.88. The number of hydrogen-bond donors (Lipinski definition) is 0. The van der Waals surface area contributed by atoms with Gasteiger partial charge in [0.25, 0.3) is 0 Å². The summed E-state index contributed by atoms with van der Waals surface area (Å²) in [4.78, 5) is 14.6. The zero-order valence-corrected chi connectivity index (χ0v) is 15.5. The number of halogens is 2. The first kappa shape index (κ1) is 18.0. The smallest absolute Gasteiger partial charge is 0.246 e. The number of likely N-dealkylation sites (tertiary alicyclic amines) is 1. The molecule has 3 rings (SSSR count). The summed E-state index contributed by atoms with van der Waals surface area (Å²) >= 11 is 12.1.